The van der Waals surface area contributed by atoms with E-state index in [1.807, 2.05) is 6.07 Å². The van der Waals surface area contributed by atoms with Crippen LogP contribution in [-0.2, 0) is 6.54 Å². The summed E-state index contributed by atoms with van der Waals surface area (Å²) >= 11 is 0. The maximum atomic E-state index is 13.0. The van der Waals surface area contributed by atoms with Crippen LogP contribution in [0.3, 0.4) is 0 Å². The maximum absolute atomic E-state index is 13.0. The highest BCUT2D eigenvalue weighted by molar-refractivity contribution is 5.73. The first-order valence-corrected chi connectivity index (χ1v) is 7.74. The zero-order valence-corrected chi connectivity index (χ0v) is 12.8. The number of carbonyl (C=O) groups is 1. The number of hydrogen-bond donors (Lipinski definition) is 2. The van der Waals surface area contributed by atoms with E-state index < -0.39 is 0 Å². The molecular weight excluding hydrogens is 297 g/mol. The number of hydrogen-bond acceptors (Lipinski definition) is 3. The Morgan fingerprint density at radius 3 is 2.83 bits per heavy atom. The van der Waals surface area contributed by atoms with Crippen molar-refractivity contribution in [3.05, 3.63) is 54.2 Å². The molecule has 0 saturated carbocycles. The Kier molecular flexibility index (Phi) is 4.80. The van der Waals surface area contributed by atoms with E-state index in [1.54, 1.807) is 24.7 Å². The van der Waals surface area contributed by atoms with Crippen molar-refractivity contribution >= 4 is 11.7 Å². The molecule has 1 aliphatic heterocycles. The number of nitrogens with one attached hydrogen (secondary N) is 2. The van der Waals surface area contributed by atoms with Crippen molar-refractivity contribution in [3.8, 4) is 0 Å². The van der Waals surface area contributed by atoms with Crippen LogP contribution in [0.25, 0.3) is 0 Å². The molecule has 2 N–H and O–H groups in total. The third kappa shape index (κ3) is 4.25. The van der Waals surface area contributed by atoms with Crippen LogP contribution in [0.1, 0.15) is 12.0 Å². The molecule has 2 heterocycles. The van der Waals surface area contributed by atoms with E-state index in [9.17, 15) is 9.18 Å². The molecule has 0 unspecified atom stereocenters. The molecule has 1 aromatic carbocycles. The fourth-order valence-corrected chi connectivity index (χ4v) is 2.76. The summed E-state index contributed by atoms with van der Waals surface area (Å²) in [5, 5.41) is 5.69. The predicted molar refractivity (Wildman–Crippen MR) is 85.7 cm³/mol. The summed E-state index contributed by atoms with van der Waals surface area (Å²) in [6.45, 7) is 2.88. The number of anilines is 1. The topological polar surface area (TPSA) is 57.5 Å². The summed E-state index contributed by atoms with van der Waals surface area (Å²) < 4.78 is 17.9. The van der Waals surface area contributed by atoms with Gasteiger partial charge in [-0.15, -0.1) is 0 Å². The first kappa shape index (κ1) is 15.4. The molecule has 1 saturated heterocycles. The molecule has 0 radical (unpaired) electrons. The lowest BCUT2D eigenvalue weighted by Gasteiger charge is -2.18. The highest BCUT2D eigenvalue weighted by atomic mass is 19.1. The van der Waals surface area contributed by atoms with Gasteiger partial charge in [-0.2, -0.15) is 0 Å². The van der Waals surface area contributed by atoms with Crippen molar-refractivity contribution in [1.29, 1.82) is 0 Å². The van der Waals surface area contributed by atoms with E-state index in [4.69, 9.17) is 4.42 Å². The molecule has 5 nitrogen and oxygen atoms in total. The predicted octanol–water partition coefficient (Wildman–Crippen LogP) is 2.74. The molecule has 3 rings (SSSR count). The molecule has 2 aromatic rings. The first-order valence-electron chi connectivity index (χ1n) is 7.74. The van der Waals surface area contributed by atoms with Crippen LogP contribution in [0.5, 0.6) is 0 Å². The van der Waals surface area contributed by atoms with Gasteiger partial charge in [0.05, 0.1) is 12.5 Å². The summed E-state index contributed by atoms with van der Waals surface area (Å²) in [6, 6.07) is 8.18. The molecule has 6 heteroatoms. The van der Waals surface area contributed by atoms with Gasteiger partial charge in [-0.1, -0.05) is 0 Å². The highest BCUT2D eigenvalue weighted by Gasteiger charge is 2.23. The van der Waals surface area contributed by atoms with Crippen LogP contribution >= 0.6 is 0 Å². The molecule has 1 aromatic heterocycles. The molecule has 1 fully saturated rings. The second-order valence-corrected chi connectivity index (χ2v) is 5.77. The Morgan fingerprint density at radius 1 is 1.26 bits per heavy atom. The Labute approximate surface area is 134 Å². The highest BCUT2D eigenvalue weighted by Crippen LogP contribution is 2.23. The first-order chi connectivity index (χ1) is 11.2. The number of amides is 2. The third-order valence-corrected chi connectivity index (χ3v) is 4.06. The number of benzene rings is 1. The molecule has 122 valence electrons. The fourth-order valence-electron chi connectivity index (χ4n) is 2.76. The molecule has 1 atom stereocenters. The van der Waals surface area contributed by atoms with Gasteiger partial charge in [0.15, 0.2) is 0 Å². The number of carbonyl (C=O) groups excluding carboxylic acids is 1. The van der Waals surface area contributed by atoms with Crippen molar-refractivity contribution < 1.29 is 13.6 Å². The zero-order chi connectivity index (χ0) is 16.1. The van der Waals surface area contributed by atoms with Crippen molar-refractivity contribution in [2.75, 3.05) is 24.5 Å². The SMILES string of the molecule is O=C(NCc1ccoc1)NC[C@H]1CCN(c2ccc(F)cc2)C1. The Balaban J connectivity index is 1.39. The summed E-state index contributed by atoms with van der Waals surface area (Å²) in [5.41, 5.74) is 1.96. The van der Waals surface area contributed by atoms with Crippen molar-refractivity contribution in [1.82, 2.24) is 10.6 Å². The van der Waals surface area contributed by atoms with Gasteiger partial charge in [0.25, 0.3) is 0 Å². The fraction of sp³-hybridized carbons (Fsp3) is 0.353. The summed E-state index contributed by atoms with van der Waals surface area (Å²) in [7, 11) is 0. The van der Waals surface area contributed by atoms with Gasteiger partial charge in [-0.05, 0) is 42.7 Å². The van der Waals surface area contributed by atoms with E-state index in [-0.39, 0.29) is 11.8 Å². The van der Waals surface area contributed by atoms with Crippen LogP contribution in [0.2, 0.25) is 0 Å². The minimum atomic E-state index is -0.222. The number of furan rings is 1. The monoisotopic (exact) mass is 317 g/mol. The van der Waals surface area contributed by atoms with Gasteiger partial charge in [0, 0.05) is 37.4 Å². The average molecular weight is 317 g/mol. The molecule has 0 bridgehead atoms. The normalized spacial score (nSPS) is 17.3. The van der Waals surface area contributed by atoms with Crippen molar-refractivity contribution in [2.24, 2.45) is 5.92 Å². The quantitative estimate of drug-likeness (QED) is 0.891. The number of nitrogens with zero attached hydrogens (tertiary/aromatic N) is 1. The van der Waals surface area contributed by atoms with E-state index in [1.165, 1.54) is 12.1 Å². The van der Waals surface area contributed by atoms with Crippen molar-refractivity contribution in [3.63, 3.8) is 0 Å². The number of rotatable bonds is 5. The Morgan fingerprint density at radius 2 is 2.09 bits per heavy atom. The van der Waals surface area contributed by atoms with Crippen LogP contribution in [-0.4, -0.2) is 25.7 Å². The molecule has 0 aliphatic carbocycles. The Hall–Kier alpha value is -2.50. The van der Waals surface area contributed by atoms with E-state index in [0.717, 1.165) is 30.8 Å². The molecule has 1 aliphatic rings. The number of urea groups is 1. The van der Waals surface area contributed by atoms with Gasteiger partial charge < -0.3 is 20.0 Å². The lowest BCUT2D eigenvalue weighted by molar-refractivity contribution is 0.239. The van der Waals surface area contributed by atoms with Gasteiger partial charge in [0.2, 0.25) is 0 Å². The molecular formula is C17H20FN3O2. The van der Waals surface area contributed by atoms with Gasteiger partial charge in [-0.3, -0.25) is 0 Å². The molecule has 0 spiro atoms. The smallest absolute Gasteiger partial charge is 0.315 e. The zero-order valence-electron chi connectivity index (χ0n) is 12.8. The third-order valence-electron chi connectivity index (χ3n) is 4.06. The minimum absolute atomic E-state index is 0.175. The lowest BCUT2D eigenvalue weighted by Crippen LogP contribution is -2.38. The number of halogens is 1. The summed E-state index contributed by atoms with van der Waals surface area (Å²) in [6.07, 6.45) is 4.20. The molecule has 2 amide bonds. The van der Waals surface area contributed by atoms with E-state index in [0.29, 0.717) is 19.0 Å². The van der Waals surface area contributed by atoms with Crippen molar-refractivity contribution in [2.45, 2.75) is 13.0 Å². The van der Waals surface area contributed by atoms with Crippen LogP contribution in [0.15, 0.2) is 47.3 Å². The maximum Gasteiger partial charge on any atom is 0.315 e. The summed E-state index contributed by atoms with van der Waals surface area (Å²) in [5.74, 6) is 0.181. The van der Waals surface area contributed by atoms with Crippen LogP contribution in [0.4, 0.5) is 14.9 Å². The van der Waals surface area contributed by atoms with Crippen LogP contribution < -0.4 is 15.5 Å². The Bertz CT molecular complexity index is 628. The van der Waals surface area contributed by atoms with E-state index in [2.05, 4.69) is 15.5 Å². The molecule has 23 heavy (non-hydrogen) atoms. The second kappa shape index (κ2) is 7.17. The van der Waals surface area contributed by atoms with Crippen LogP contribution in [0, 0.1) is 11.7 Å². The van der Waals surface area contributed by atoms with E-state index >= 15 is 0 Å². The van der Waals surface area contributed by atoms with Gasteiger partial charge in [-0.25, -0.2) is 9.18 Å². The standard InChI is InChI=1S/C17H20FN3O2/c18-15-1-3-16(4-2-15)21-7-5-13(11-21)9-19-17(22)20-10-14-6-8-23-12-14/h1-4,6,8,12-13H,5,7,9-11H2,(H2,19,20,22)/t13-/m1/s1. The second-order valence-electron chi connectivity index (χ2n) is 5.77. The minimum Gasteiger partial charge on any atom is -0.472 e. The largest absolute Gasteiger partial charge is 0.472 e. The average Bonchev–Trinajstić information content (AvgIpc) is 3.23. The lowest BCUT2D eigenvalue weighted by atomic mass is 10.1. The van der Waals surface area contributed by atoms with Gasteiger partial charge >= 0.3 is 6.03 Å². The summed E-state index contributed by atoms with van der Waals surface area (Å²) in [4.78, 5) is 14.0. The van der Waals surface area contributed by atoms with Gasteiger partial charge in [0.1, 0.15) is 5.82 Å².